The number of nitrogens with two attached hydrogens (primary N) is 1. The molecule has 0 bridgehead atoms. The first-order chi connectivity index (χ1) is 9.79. The molecule has 118 valence electrons. The first kappa shape index (κ1) is 16.3. The summed E-state index contributed by atoms with van der Waals surface area (Å²) in [5, 5.41) is 8.07. The molecule has 0 saturated carbocycles. The summed E-state index contributed by atoms with van der Waals surface area (Å²) in [4.78, 5) is -0.404. The van der Waals surface area contributed by atoms with E-state index in [1.165, 1.54) is 18.2 Å². The van der Waals surface area contributed by atoms with Crippen molar-refractivity contribution in [3.05, 3.63) is 24.3 Å². The Hall–Kier alpha value is -1.04. The normalized spacial score (nSPS) is 20.3. The summed E-state index contributed by atoms with van der Waals surface area (Å²) >= 11 is 0. The molecular formula is C11H17N3O5S2. The predicted molar refractivity (Wildman–Crippen MR) is 75.6 cm³/mol. The van der Waals surface area contributed by atoms with Crippen molar-refractivity contribution in [1.29, 1.82) is 0 Å². The Balaban J connectivity index is 2.12. The SMILES string of the molecule is NS(=O)(=O)c1cccc(S(=O)(=O)NCC2CNCCO2)c1. The highest BCUT2D eigenvalue weighted by Gasteiger charge is 2.20. The van der Waals surface area contributed by atoms with Crippen LogP contribution < -0.4 is 15.2 Å². The lowest BCUT2D eigenvalue weighted by atomic mass is 10.3. The van der Waals surface area contributed by atoms with Crippen molar-refractivity contribution < 1.29 is 21.6 Å². The first-order valence-electron chi connectivity index (χ1n) is 6.24. The Morgan fingerprint density at radius 1 is 1.29 bits per heavy atom. The maximum Gasteiger partial charge on any atom is 0.240 e. The molecule has 0 aliphatic carbocycles. The van der Waals surface area contributed by atoms with Crippen molar-refractivity contribution in [1.82, 2.24) is 10.0 Å². The fraction of sp³-hybridized carbons (Fsp3) is 0.455. The molecule has 21 heavy (non-hydrogen) atoms. The van der Waals surface area contributed by atoms with E-state index in [9.17, 15) is 16.8 Å². The zero-order valence-electron chi connectivity index (χ0n) is 11.2. The minimum absolute atomic E-state index is 0.106. The van der Waals surface area contributed by atoms with Crippen LogP contribution in [0.4, 0.5) is 0 Å². The number of ether oxygens (including phenoxy) is 1. The van der Waals surface area contributed by atoms with Gasteiger partial charge in [-0.2, -0.15) is 0 Å². The van der Waals surface area contributed by atoms with Gasteiger partial charge in [0.05, 0.1) is 22.5 Å². The predicted octanol–water partition coefficient (Wildman–Crippen LogP) is -1.40. The molecule has 0 radical (unpaired) electrons. The molecule has 1 aromatic rings. The minimum Gasteiger partial charge on any atom is -0.374 e. The van der Waals surface area contributed by atoms with Gasteiger partial charge in [0.1, 0.15) is 0 Å². The van der Waals surface area contributed by atoms with E-state index >= 15 is 0 Å². The zero-order chi connectivity index (χ0) is 15.5. The number of rotatable bonds is 5. The van der Waals surface area contributed by atoms with Crippen LogP contribution in [0.3, 0.4) is 0 Å². The van der Waals surface area contributed by atoms with Crippen LogP contribution in [0.5, 0.6) is 0 Å². The van der Waals surface area contributed by atoms with Gasteiger partial charge < -0.3 is 10.1 Å². The van der Waals surface area contributed by atoms with Crippen LogP contribution in [0.2, 0.25) is 0 Å². The average molecular weight is 335 g/mol. The van der Waals surface area contributed by atoms with Crippen LogP contribution in [-0.2, 0) is 24.8 Å². The molecule has 1 atom stereocenters. The van der Waals surface area contributed by atoms with Gasteiger partial charge in [0.2, 0.25) is 20.0 Å². The lowest BCUT2D eigenvalue weighted by Crippen LogP contribution is -2.45. The molecule has 1 aliphatic rings. The summed E-state index contributed by atoms with van der Waals surface area (Å²) in [6, 6.07) is 4.89. The highest BCUT2D eigenvalue weighted by molar-refractivity contribution is 7.90. The van der Waals surface area contributed by atoms with Crippen LogP contribution in [0.1, 0.15) is 0 Å². The third-order valence-electron chi connectivity index (χ3n) is 2.95. The smallest absolute Gasteiger partial charge is 0.240 e. The van der Waals surface area contributed by atoms with E-state index in [0.29, 0.717) is 13.2 Å². The molecule has 1 heterocycles. The highest BCUT2D eigenvalue weighted by atomic mass is 32.2. The van der Waals surface area contributed by atoms with Crippen molar-refractivity contribution >= 4 is 20.0 Å². The molecule has 1 fully saturated rings. The molecule has 0 amide bonds. The summed E-state index contributed by atoms with van der Waals surface area (Å²) in [7, 11) is -7.77. The number of nitrogens with one attached hydrogen (secondary N) is 2. The van der Waals surface area contributed by atoms with Crippen LogP contribution in [0.15, 0.2) is 34.1 Å². The fourth-order valence-corrected chi connectivity index (χ4v) is 3.60. The van der Waals surface area contributed by atoms with Gasteiger partial charge >= 0.3 is 0 Å². The van der Waals surface area contributed by atoms with Gasteiger partial charge in [-0.15, -0.1) is 0 Å². The highest BCUT2D eigenvalue weighted by Crippen LogP contribution is 2.14. The first-order valence-corrected chi connectivity index (χ1v) is 9.27. The van der Waals surface area contributed by atoms with E-state index in [2.05, 4.69) is 10.0 Å². The quantitative estimate of drug-likeness (QED) is 0.607. The van der Waals surface area contributed by atoms with Crippen LogP contribution in [0.25, 0.3) is 0 Å². The van der Waals surface area contributed by atoms with E-state index in [-0.39, 0.29) is 22.4 Å². The lowest BCUT2D eigenvalue weighted by Gasteiger charge is -2.23. The number of sulfonamides is 2. The molecule has 1 unspecified atom stereocenters. The molecule has 4 N–H and O–H groups in total. The van der Waals surface area contributed by atoms with Crippen molar-refractivity contribution in [3.63, 3.8) is 0 Å². The number of benzene rings is 1. The molecule has 2 rings (SSSR count). The van der Waals surface area contributed by atoms with Gasteiger partial charge in [0, 0.05) is 19.6 Å². The zero-order valence-corrected chi connectivity index (χ0v) is 12.8. The maximum atomic E-state index is 12.1. The second-order valence-corrected chi connectivity index (χ2v) is 7.90. The summed E-state index contributed by atoms with van der Waals surface area (Å²) < 4.78 is 54.5. The Kier molecular flexibility index (Phi) is 4.96. The van der Waals surface area contributed by atoms with Crippen molar-refractivity contribution in [2.75, 3.05) is 26.2 Å². The third kappa shape index (κ3) is 4.46. The lowest BCUT2D eigenvalue weighted by molar-refractivity contribution is 0.0324. The topological polar surface area (TPSA) is 128 Å². The van der Waals surface area contributed by atoms with Crippen LogP contribution in [0, 0.1) is 0 Å². The van der Waals surface area contributed by atoms with Crippen molar-refractivity contribution in [2.24, 2.45) is 5.14 Å². The van der Waals surface area contributed by atoms with Gasteiger partial charge in [-0.25, -0.2) is 26.7 Å². The maximum absolute atomic E-state index is 12.1. The molecule has 1 aromatic carbocycles. The Morgan fingerprint density at radius 2 is 2.00 bits per heavy atom. The minimum atomic E-state index is -3.95. The second-order valence-electron chi connectivity index (χ2n) is 4.57. The monoisotopic (exact) mass is 335 g/mol. The fourth-order valence-electron chi connectivity index (χ4n) is 1.86. The molecule has 8 nitrogen and oxygen atoms in total. The molecule has 0 spiro atoms. The van der Waals surface area contributed by atoms with Gasteiger partial charge in [-0.3, -0.25) is 0 Å². The molecule has 1 aliphatic heterocycles. The summed E-state index contributed by atoms with van der Waals surface area (Å²) in [5.41, 5.74) is 0. The Labute approximate surface area is 123 Å². The standard InChI is InChI=1S/C11H17N3O5S2/c12-20(15,16)10-2-1-3-11(6-10)21(17,18)14-8-9-7-13-4-5-19-9/h1-3,6,9,13-14H,4-5,7-8H2,(H2,12,15,16). The third-order valence-corrected chi connectivity index (χ3v) is 5.28. The summed E-state index contributed by atoms with van der Waals surface area (Å²) in [6.45, 7) is 1.92. The molecule has 1 saturated heterocycles. The van der Waals surface area contributed by atoms with E-state index in [1.54, 1.807) is 0 Å². The molecule has 10 heteroatoms. The summed E-state index contributed by atoms with van der Waals surface area (Å²) in [6.07, 6.45) is -0.255. The van der Waals surface area contributed by atoms with Gasteiger partial charge in [0.25, 0.3) is 0 Å². The van der Waals surface area contributed by atoms with Crippen molar-refractivity contribution in [3.8, 4) is 0 Å². The Bertz CT molecular complexity index is 696. The average Bonchev–Trinajstić information content (AvgIpc) is 2.46. The van der Waals surface area contributed by atoms with Gasteiger partial charge in [-0.05, 0) is 18.2 Å². The van der Waals surface area contributed by atoms with E-state index in [4.69, 9.17) is 9.88 Å². The molecular weight excluding hydrogens is 318 g/mol. The number of morpholine rings is 1. The summed E-state index contributed by atoms with van der Waals surface area (Å²) in [5.74, 6) is 0. The number of primary sulfonamides is 1. The van der Waals surface area contributed by atoms with E-state index < -0.39 is 20.0 Å². The number of hydrogen-bond acceptors (Lipinski definition) is 6. The van der Waals surface area contributed by atoms with Crippen molar-refractivity contribution in [2.45, 2.75) is 15.9 Å². The Morgan fingerprint density at radius 3 is 2.62 bits per heavy atom. The van der Waals surface area contributed by atoms with E-state index in [0.717, 1.165) is 12.6 Å². The largest absolute Gasteiger partial charge is 0.374 e. The number of hydrogen-bond donors (Lipinski definition) is 3. The van der Waals surface area contributed by atoms with E-state index in [1.807, 2.05) is 0 Å². The second kappa shape index (κ2) is 6.38. The molecule has 0 aromatic heterocycles. The van der Waals surface area contributed by atoms with Crippen LogP contribution >= 0.6 is 0 Å². The van der Waals surface area contributed by atoms with Gasteiger partial charge in [-0.1, -0.05) is 6.07 Å². The van der Waals surface area contributed by atoms with Crippen LogP contribution in [-0.4, -0.2) is 49.2 Å². The van der Waals surface area contributed by atoms with Gasteiger partial charge in [0.15, 0.2) is 0 Å².